The highest BCUT2D eigenvalue weighted by molar-refractivity contribution is 7.80. The molecule has 0 amide bonds. The SMILES string of the molecule is COCCN(C)c1cccnc1C(N)=S. The van der Waals surface area contributed by atoms with Crippen LogP contribution in [0.25, 0.3) is 0 Å². The van der Waals surface area contributed by atoms with Crippen molar-refractivity contribution in [3.8, 4) is 0 Å². The Kier molecular flexibility index (Phi) is 4.45. The lowest BCUT2D eigenvalue weighted by Gasteiger charge is -2.20. The average Bonchev–Trinajstić information content (AvgIpc) is 2.25. The minimum atomic E-state index is 0.315. The van der Waals surface area contributed by atoms with Gasteiger partial charge in [-0.05, 0) is 12.1 Å². The first-order valence-electron chi connectivity index (χ1n) is 4.61. The van der Waals surface area contributed by atoms with Crippen molar-refractivity contribution in [2.45, 2.75) is 0 Å². The van der Waals surface area contributed by atoms with Crippen LogP contribution in [0.5, 0.6) is 0 Å². The van der Waals surface area contributed by atoms with E-state index in [1.807, 2.05) is 24.1 Å². The van der Waals surface area contributed by atoms with Crippen molar-refractivity contribution in [1.29, 1.82) is 0 Å². The maximum absolute atomic E-state index is 5.59. The van der Waals surface area contributed by atoms with Crippen LogP contribution in [0.15, 0.2) is 18.3 Å². The van der Waals surface area contributed by atoms with Gasteiger partial charge in [0.2, 0.25) is 0 Å². The van der Waals surface area contributed by atoms with Crippen LogP contribution in [0, 0.1) is 0 Å². The number of nitrogens with zero attached hydrogens (tertiary/aromatic N) is 2. The lowest BCUT2D eigenvalue weighted by atomic mass is 10.2. The van der Waals surface area contributed by atoms with E-state index in [0.717, 1.165) is 12.2 Å². The van der Waals surface area contributed by atoms with Crippen LogP contribution in [-0.2, 0) is 4.74 Å². The van der Waals surface area contributed by atoms with Gasteiger partial charge in [-0.3, -0.25) is 4.98 Å². The van der Waals surface area contributed by atoms with Gasteiger partial charge in [-0.2, -0.15) is 0 Å². The zero-order chi connectivity index (χ0) is 11.3. The second kappa shape index (κ2) is 5.63. The molecule has 0 aromatic carbocycles. The van der Waals surface area contributed by atoms with Crippen molar-refractivity contribution in [1.82, 2.24) is 4.98 Å². The molecule has 4 nitrogen and oxygen atoms in total. The number of hydrogen-bond acceptors (Lipinski definition) is 4. The first kappa shape index (κ1) is 11.9. The van der Waals surface area contributed by atoms with Crippen molar-refractivity contribution in [3.63, 3.8) is 0 Å². The Morgan fingerprint density at radius 1 is 1.67 bits per heavy atom. The van der Waals surface area contributed by atoms with E-state index in [1.54, 1.807) is 13.3 Å². The van der Waals surface area contributed by atoms with Gasteiger partial charge in [0.25, 0.3) is 0 Å². The van der Waals surface area contributed by atoms with Crippen LogP contribution in [0.3, 0.4) is 0 Å². The van der Waals surface area contributed by atoms with Gasteiger partial charge < -0.3 is 15.4 Å². The fraction of sp³-hybridized carbons (Fsp3) is 0.400. The maximum Gasteiger partial charge on any atom is 0.124 e. The van der Waals surface area contributed by atoms with E-state index in [1.165, 1.54) is 0 Å². The molecule has 0 aliphatic carbocycles. The fourth-order valence-corrected chi connectivity index (χ4v) is 1.40. The molecule has 0 radical (unpaired) electrons. The minimum absolute atomic E-state index is 0.315. The summed E-state index contributed by atoms with van der Waals surface area (Å²) in [6.45, 7) is 1.43. The Hall–Kier alpha value is -1.20. The van der Waals surface area contributed by atoms with Gasteiger partial charge in [-0.1, -0.05) is 12.2 Å². The quantitative estimate of drug-likeness (QED) is 0.751. The van der Waals surface area contributed by atoms with Crippen LogP contribution in [0.2, 0.25) is 0 Å². The first-order valence-corrected chi connectivity index (χ1v) is 5.02. The lowest BCUT2D eigenvalue weighted by molar-refractivity contribution is 0.206. The number of aromatic nitrogens is 1. The molecule has 1 heterocycles. The summed E-state index contributed by atoms with van der Waals surface area (Å²) in [5.74, 6) is 0. The van der Waals surface area contributed by atoms with Crippen LogP contribution >= 0.6 is 12.2 Å². The number of methoxy groups -OCH3 is 1. The zero-order valence-corrected chi connectivity index (χ0v) is 9.75. The summed E-state index contributed by atoms with van der Waals surface area (Å²) in [6, 6.07) is 3.80. The second-order valence-corrected chi connectivity index (χ2v) is 3.59. The molecule has 0 spiro atoms. The van der Waals surface area contributed by atoms with Crippen LogP contribution < -0.4 is 10.6 Å². The van der Waals surface area contributed by atoms with Gasteiger partial charge in [0.1, 0.15) is 10.7 Å². The Labute approximate surface area is 95.0 Å². The average molecular weight is 225 g/mol. The Morgan fingerprint density at radius 2 is 2.40 bits per heavy atom. The monoisotopic (exact) mass is 225 g/mol. The molecule has 2 N–H and O–H groups in total. The maximum atomic E-state index is 5.59. The lowest BCUT2D eigenvalue weighted by Crippen LogP contribution is -2.26. The van der Waals surface area contributed by atoms with Crippen LogP contribution in [0.4, 0.5) is 5.69 Å². The van der Waals surface area contributed by atoms with E-state index in [2.05, 4.69) is 4.98 Å². The van der Waals surface area contributed by atoms with Crippen LogP contribution in [0.1, 0.15) is 5.69 Å². The molecule has 0 aliphatic heterocycles. The highest BCUT2D eigenvalue weighted by Crippen LogP contribution is 2.16. The number of thiocarbonyl (C=S) groups is 1. The third-order valence-corrected chi connectivity index (χ3v) is 2.26. The van der Waals surface area contributed by atoms with E-state index in [0.29, 0.717) is 17.3 Å². The largest absolute Gasteiger partial charge is 0.388 e. The van der Waals surface area contributed by atoms with E-state index in [-0.39, 0.29) is 0 Å². The summed E-state index contributed by atoms with van der Waals surface area (Å²) in [5, 5.41) is 0. The molecule has 0 fully saturated rings. The van der Waals surface area contributed by atoms with Crippen molar-refractivity contribution in [2.75, 3.05) is 32.2 Å². The molecule has 15 heavy (non-hydrogen) atoms. The number of hydrogen-bond donors (Lipinski definition) is 1. The first-order chi connectivity index (χ1) is 7.16. The molecule has 0 bridgehead atoms. The number of nitrogens with two attached hydrogens (primary N) is 1. The van der Waals surface area contributed by atoms with E-state index >= 15 is 0 Å². The van der Waals surface area contributed by atoms with E-state index < -0.39 is 0 Å². The molecule has 1 aromatic rings. The van der Waals surface area contributed by atoms with Gasteiger partial charge >= 0.3 is 0 Å². The predicted octanol–water partition coefficient (Wildman–Crippen LogP) is 0.798. The second-order valence-electron chi connectivity index (χ2n) is 3.15. The molecule has 0 atom stereocenters. The number of pyridine rings is 1. The van der Waals surface area contributed by atoms with Crippen LogP contribution in [-0.4, -0.2) is 37.3 Å². The zero-order valence-electron chi connectivity index (χ0n) is 8.93. The number of anilines is 1. The molecule has 0 aliphatic rings. The third-order valence-electron chi connectivity index (χ3n) is 2.06. The van der Waals surface area contributed by atoms with Gasteiger partial charge in [0.15, 0.2) is 0 Å². The van der Waals surface area contributed by atoms with Gasteiger partial charge in [-0.25, -0.2) is 0 Å². The summed E-state index contributed by atoms with van der Waals surface area (Å²) in [5.41, 5.74) is 7.18. The molecule has 0 saturated heterocycles. The summed E-state index contributed by atoms with van der Waals surface area (Å²) >= 11 is 4.94. The predicted molar refractivity (Wildman–Crippen MR) is 65.3 cm³/mol. The molecular weight excluding hydrogens is 210 g/mol. The normalized spacial score (nSPS) is 10.0. The summed E-state index contributed by atoms with van der Waals surface area (Å²) in [4.78, 5) is 6.49. The highest BCUT2D eigenvalue weighted by Gasteiger charge is 2.09. The number of likely N-dealkylation sites (N-methyl/N-ethyl adjacent to an activating group) is 1. The Bertz CT molecular complexity index is 343. The van der Waals surface area contributed by atoms with Crippen molar-refractivity contribution >= 4 is 22.9 Å². The molecule has 0 saturated carbocycles. The van der Waals surface area contributed by atoms with Crippen molar-refractivity contribution in [2.24, 2.45) is 5.73 Å². The van der Waals surface area contributed by atoms with Gasteiger partial charge in [-0.15, -0.1) is 0 Å². The van der Waals surface area contributed by atoms with Crippen molar-refractivity contribution in [3.05, 3.63) is 24.0 Å². The highest BCUT2D eigenvalue weighted by atomic mass is 32.1. The number of rotatable bonds is 5. The van der Waals surface area contributed by atoms with E-state index in [9.17, 15) is 0 Å². The molecule has 5 heteroatoms. The molecule has 1 aromatic heterocycles. The third kappa shape index (κ3) is 3.14. The Morgan fingerprint density at radius 3 is 3.00 bits per heavy atom. The summed E-state index contributed by atoms with van der Waals surface area (Å²) < 4.78 is 5.01. The number of ether oxygens (including phenoxy) is 1. The van der Waals surface area contributed by atoms with E-state index in [4.69, 9.17) is 22.7 Å². The smallest absolute Gasteiger partial charge is 0.124 e. The molecule has 1 rings (SSSR count). The summed E-state index contributed by atoms with van der Waals surface area (Å²) in [6.07, 6.45) is 1.68. The van der Waals surface area contributed by atoms with Gasteiger partial charge in [0, 0.05) is 26.9 Å². The standard InChI is InChI=1S/C10H15N3OS/c1-13(6-7-14-2)8-4-3-5-12-9(8)10(11)15/h3-5H,6-7H2,1-2H3,(H2,11,15). The molecular formula is C10H15N3OS. The molecule has 82 valence electrons. The van der Waals surface area contributed by atoms with Gasteiger partial charge in [0.05, 0.1) is 12.3 Å². The topological polar surface area (TPSA) is 51.4 Å². The fourth-order valence-electron chi connectivity index (χ4n) is 1.24. The van der Waals surface area contributed by atoms with Crippen molar-refractivity contribution < 1.29 is 4.74 Å². The minimum Gasteiger partial charge on any atom is -0.388 e. The molecule has 0 unspecified atom stereocenters. The Balaban J connectivity index is 2.87. The summed E-state index contributed by atoms with van der Waals surface area (Å²) in [7, 11) is 3.63.